The molecule has 2 atom stereocenters. The van der Waals surface area contributed by atoms with Crippen LogP contribution in [0.25, 0.3) is 0 Å². The highest BCUT2D eigenvalue weighted by Gasteiger charge is 2.23. The Balaban J connectivity index is 2.14. The van der Waals surface area contributed by atoms with Gasteiger partial charge in [-0.05, 0) is 37.3 Å². The molecule has 1 aromatic heterocycles. The summed E-state index contributed by atoms with van der Waals surface area (Å²) in [7, 11) is 0. The lowest BCUT2D eigenvalue weighted by Gasteiger charge is -2.21. The second-order valence-corrected chi connectivity index (χ2v) is 5.18. The van der Waals surface area contributed by atoms with Gasteiger partial charge in [0.1, 0.15) is 5.82 Å². The molecule has 0 amide bonds. The van der Waals surface area contributed by atoms with Gasteiger partial charge < -0.3 is 10.6 Å². The highest BCUT2D eigenvalue weighted by Crippen LogP contribution is 2.26. The lowest BCUT2D eigenvalue weighted by molar-refractivity contribution is 0.568. The van der Waals surface area contributed by atoms with Gasteiger partial charge in [0.15, 0.2) is 0 Å². The summed E-state index contributed by atoms with van der Waals surface area (Å²) in [5.74, 6) is 1.99. The van der Waals surface area contributed by atoms with Gasteiger partial charge in [-0.25, -0.2) is 4.98 Å². The Morgan fingerprint density at radius 1 is 1.59 bits per heavy atom. The van der Waals surface area contributed by atoms with Crippen molar-refractivity contribution in [3.05, 3.63) is 23.9 Å². The van der Waals surface area contributed by atoms with Crippen molar-refractivity contribution >= 4 is 5.82 Å². The van der Waals surface area contributed by atoms with Gasteiger partial charge in [0.25, 0.3) is 0 Å². The van der Waals surface area contributed by atoms with Crippen molar-refractivity contribution < 1.29 is 0 Å². The van der Waals surface area contributed by atoms with E-state index < -0.39 is 0 Å². The second kappa shape index (κ2) is 5.50. The van der Waals surface area contributed by atoms with Crippen LogP contribution in [0, 0.1) is 5.92 Å². The molecule has 94 valence electrons. The quantitative estimate of drug-likeness (QED) is 0.867. The molecule has 0 spiro atoms. The monoisotopic (exact) mass is 233 g/mol. The van der Waals surface area contributed by atoms with Crippen molar-refractivity contribution in [1.29, 1.82) is 0 Å². The first-order valence-electron chi connectivity index (χ1n) is 6.65. The van der Waals surface area contributed by atoms with E-state index in [0.29, 0.717) is 0 Å². The molecule has 3 nitrogen and oxygen atoms in total. The number of nitrogens with zero attached hydrogens (tertiary/aromatic N) is 2. The van der Waals surface area contributed by atoms with Gasteiger partial charge in [0.2, 0.25) is 0 Å². The molecule has 0 aromatic carbocycles. The first-order valence-corrected chi connectivity index (χ1v) is 6.65. The molecular weight excluding hydrogens is 210 g/mol. The van der Waals surface area contributed by atoms with E-state index in [9.17, 15) is 0 Å². The van der Waals surface area contributed by atoms with Gasteiger partial charge in [-0.15, -0.1) is 0 Å². The molecule has 2 N–H and O–H groups in total. The fourth-order valence-corrected chi connectivity index (χ4v) is 2.58. The Morgan fingerprint density at radius 3 is 3.06 bits per heavy atom. The Hall–Kier alpha value is -1.09. The van der Waals surface area contributed by atoms with Crippen molar-refractivity contribution in [1.82, 2.24) is 4.98 Å². The summed E-state index contributed by atoms with van der Waals surface area (Å²) in [6, 6.07) is 4.36. The lowest BCUT2D eigenvalue weighted by Crippen LogP contribution is -2.25. The van der Waals surface area contributed by atoms with Crippen LogP contribution in [0.15, 0.2) is 18.3 Å². The molecule has 0 bridgehead atoms. The average molecular weight is 233 g/mol. The smallest absolute Gasteiger partial charge is 0.131 e. The lowest BCUT2D eigenvalue weighted by atomic mass is 10.1. The maximum absolute atomic E-state index is 5.90. The molecule has 2 unspecified atom stereocenters. The molecule has 1 aliphatic rings. The van der Waals surface area contributed by atoms with Crippen LogP contribution < -0.4 is 10.6 Å². The van der Waals surface area contributed by atoms with Gasteiger partial charge in [0.05, 0.1) is 0 Å². The minimum absolute atomic E-state index is 0.197. The summed E-state index contributed by atoms with van der Waals surface area (Å²) < 4.78 is 0. The zero-order valence-corrected chi connectivity index (χ0v) is 10.9. The molecule has 2 heterocycles. The van der Waals surface area contributed by atoms with Crippen LogP contribution in [-0.2, 0) is 6.42 Å². The highest BCUT2D eigenvalue weighted by molar-refractivity contribution is 5.48. The Kier molecular flexibility index (Phi) is 4.00. The first kappa shape index (κ1) is 12.4. The number of rotatable bonds is 4. The summed E-state index contributed by atoms with van der Waals surface area (Å²) in [5.41, 5.74) is 7.19. The summed E-state index contributed by atoms with van der Waals surface area (Å²) in [6.45, 7) is 6.62. The highest BCUT2D eigenvalue weighted by atomic mass is 15.2. The Labute approximate surface area is 104 Å². The predicted octanol–water partition coefficient (Wildman–Crippen LogP) is 2.21. The molecule has 17 heavy (non-hydrogen) atoms. The van der Waals surface area contributed by atoms with Crippen LogP contribution in [0.2, 0.25) is 0 Å². The van der Waals surface area contributed by atoms with Gasteiger partial charge >= 0.3 is 0 Å². The van der Waals surface area contributed by atoms with E-state index in [1.54, 1.807) is 0 Å². The Bertz CT molecular complexity index is 362. The van der Waals surface area contributed by atoms with E-state index in [1.807, 2.05) is 12.3 Å². The standard InChI is InChI=1S/C14H23N3/c1-3-12-6-8-17(10-12)14-13(9-11(2)15)5-4-7-16-14/h4-5,7,11-12H,3,6,8-10,15H2,1-2H3. The van der Waals surface area contributed by atoms with E-state index in [-0.39, 0.29) is 6.04 Å². The van der Waals surface area contributed by atoms with Gasteiger partial charge in [0, 0.05) is 25.3 Å². The van der Waals surface area contributed by atoms with Crippen molar-refractivity contribution in [2.75, 3.05) is 18.0 Å². The molecule has 3 heteroatoms. The van der Waals surface area contributed by atoms with Crippen molar-refractivity contribution in [3.63, 3.8) is 0 Å². The van der Waals surface area contributed by atoms with Gasteiger partial charge in [-0.2, -0.15) is 0 Å². The summed E-state index contributed by atoms with van der Waals surface area (Å²) in [6.07, 6.45) is 5.37. The molecule has 2 rings (SSSR count). The van der Waals surface area contributed by atoms with Crippen LogP contribution >= 0.6 is 0 Å². The predicted molar refractivity (Wildman–Crippen MR) is 72.2 cm³/mol. The first-order chi connectivity index (χ1) is 8.20. The SMILES string of the molecule is CCC1CCN(c2ncccc2CC(C)N)C1. The number of anilines is 1. The molecule has 1 saturated heterocycles. The Morgan fingerprint density at radius 2 is 2.41 bits per heavy atom. The number of hydrogen-bond donors (Lipinski definition) is 1. The van der Waals surface area contributed by atoms with Crippen LogP contribution in [0.4, 0.5) is 5.82 Å². The number of pyridine rings is 1. The minimum Gasteiger partial charge on any atom is -0.356 e. The topological polar surface area (TPSA) is 42.2 Å². The number of hydrogen-bond acceptors (Lipinski definition) is 3. The average Bonchev–Trinajstić information content (AvgIpc) is 2.77. The number of nitrogens with two attached hydrogens (primary N) is 1. The minimum atomic E-state index is 0.197. The van der Waals surface area contributed by atoms with E-state index in [4.69, 9.17) is 5.73 Å². The maximum atomic E-state index is 5.90. The van der Waals surface area contributed by atoms with Gasteiger partial charge in [-0.3, -0.25) is 0 Å². The number of aromatic nitrogens is 1. The molecule has 1 aromatic rings. The molecule has 1 aliphatic heterocycles. The molecule has 1 fully saturated rings. The van der Waals surface area contributed by atoms with Crippen molar-refractivity contribution in [3.8, 4) is 0 Å². The maximum Gasteiger partial charge on any atom is 0.131 e. The molecule has 0 aliphatic carbocycles. The fraction of sp³-hybridized carbons (Fsp3) is 0.643. The largest absolute Gasteiger partial charge is 0.356 e. The van der Waals surface area contributed by atoms with Crippen LogP contribution in [0.1, 0.15) is 32.3 Å². The summed E-state index contributed by atoms with van der Waals surface area (Å²) >= 11 is 0. The van der Waals surface area contributed by atoms with E-state index in [1.165, 1.54) is 18.4 Å². The van der Waals surface area contributed by atoms with Gasteiger partial charge in [-0.1, -0.05) is 19.4 Å². The molecule has 0 saturated carbocycles. The normalized spacial score (nSPS) is 21.8. The summed E-state index contributed by atoms with van der Waals surface area (Å²) in [5, 5.41) is 0. The second-order valence-electron chi connectivity index (χ2n) is 5.18. The fourth-order valence-electron chi connectivity index (χ4n) is 2.58. The summed E-state index contributed by atoms with van der Waals surface area (Å²) in [4.78, 5) is 6.98. The van der Waals surface area contributed by atoms with E-state index in [2.05, 4.69) is 29.8 Å². The zero-order chi connectivity index (χ0) is 12.3. The third kappa shape index (κ3) is 2.97. The third-order valence-electron chi connectivity index (χ3n) is 3.57. The molecular formula is C14H23N3. The zero-order valence-electron chi connectivity index (χ0n) is 10.9. The van der Waals surface area contributed by atoms with Crippen LogP contribution in [0.5, 0.6) is 0 Å². The van der Waals surface area contributed by atoms with E-state index >= 15 is 0 Å². The van der Waals surface area contributed by atoms with Crippen LogP contribution in [0.3, 0.4) is 0 Å². The molecule has 0 radical (unpaired) electrons. The van der Waals surface area contributed by atoms with E-state index in [0.717, 1.165) is 31.2 Å². The third-order valence-corrected chi connectivity index (χ3v) is 3.57. The van der Waals surface area contributed by atoms with Crippen molar-refractivity contribution in [2.24, 2.45) is 11.7 Å². The van der Waals surface area contributed by atoms with Crippen LogP contribution in [-0.4, -0.2) is 24.1 Å². The van der Waals surface area contributed by atoms with Crippen molar-refractivity contribution in [2.45, 2.75) is 39.2 Å².